The summed E-state index contributed by atoms with van der Waals surface area (Å²) in [5.41, 5.74) is 5.42. The van der Waals surface area contributed by atoms with Crippen molar-refractivity contribution in [3.8, 4) is 0 Å². The highest BCUT2D eigenvalue weighted by Gasteiger charge is 2.30. The van der Waals surface area contributed by atoms with Crippen molar-refractivity contribution in [2.24, 2.45) is 11.7 Å². The molecule has 1 atom stereocenters. The summed E-state index contributed by atoms with van der Waals surface area (Å²) in [6.45, 7) is 7.90. The fourth-order valence-electron chi connectivity index (χ4n) is 2.62. The van der Waals surface area contributed by atoms with Crippen molar-refractivity contribution in [3.05, 3.63) is 0 Å². The van der Waals surface area contributed by atoms with Crippen molar-refractivity contribution in [1.29, 1.82) is 0 Å². The number of likely N-dealkylation sites (tertiary alicyclic amines) is 1. The Kier molecular flexibility index (Phi) is 5.62. The lowest BCUT2D eigenvalue weighted by Gasteiger charge is -2.38. The molecule has 0 saturated carbocycles. The Balaban J connectivity index is 2.46. The number of ether oxygens (including phenoxy) is 1. The van der Waals surface area contributed by atoms with Crippen LogP contribution in [0, 0.1) is 5.92 Å². The lowest BCUT2D eigenvalue weighted by atomic mass is 9.89. The molecule has 112 valence electrons. The van der Waals surface area contributed by atoms with Gasteiger partial charge in [0.2, 0.25) is 0 Å². The highest BCUT2D eigenvalue weighted by Crippen LogP contribution is 2.23. The van der Waals surface area contributed by atoms with Crippen molar-refractivity contribution in [1.82, 2.24) is 9.80 Å². The highest BCUT2D eigenvalue weighted by atomic mass is 16.6. The summed E-state index contributed by atoms with van der Waals surface area (Å²) in [7, 11) is 4.13. The first-order chi connectivity index (χ1) is 8.74. The largest absolute Gasteiger partial charge is 0.444 e. The smallest absolute Gasteiger partial charge is 0.410 e. The summed E-state index contributed by atoms with van der Waals surface area (Å²) in [6, 6.07) is 0.404. The number of carbonyl (C=O) groups is 1. The predicted molar refractivity (Wildman–Crippen MR) is 77.1 cm³/mol. The molecule has 0 aromatic heterocycles. The maximum Gasteiger partial charge on any atom is 0.410 e. The number of likely N-dealkylation sites (N-methyl/N-ethyl adjacent to an activating group) is 1. The van der Waals surface area contributed by atoms with E-state index in [4.69, 9.17) is 10.5 Å². The van der Waals surface area contributed by atoms with E-state index in [1.54, 1.807) is 0 Å². The summed E-state index contributed by atoms with van der Waals surface area (Å²) < 4.78 is 5.40. The second-order valence-electron chi connectivity index (χ2n) is 6.57. The number of hydrogen-bond acceptors (Lipinski definition) is 4. The molecule has 1 rings (SSSR count). The predicted octanol–water partition coefficient (Wildman–Crippen LogP) is 1.52. The normalized spacial score (nSPS) is 19.6. The molecule has 0 aromatic rings. The van der Waals surface area contributed by atoms with Crippen LogP contribution >= 0.6 is 0 Å². The van der Waals surface area contributed by atoms with Gasteiger partial charge >= 0.3 is 6.09 Å². The maximum absolute atomic E-state index is 12.0. The van der Waals surface area contributed by atoms with Crippen molar-refractivity contribution < 1.29 is 9.53 Å². The number of nitrogens with zero attached hydrogens (tertiary/aromatic N) is 2. The van der Waals surface area contributed by atoms with Crippen LogP contribution in [-0.2, 0) is 4.74 Å². The third-order valence-corrected chi connectivity index (χ3v) is 3.64. The molecule has 1 amide bonds. The van der Waals surface area contributed by atoms with Crippen LogP contribution in [0.25, 0.3) is 0 Å². The van der Waals surface area contributed by atoms with Gasteiger partial charge in [0.25, 0.3) is 0 Å². The average Bonchev–Trinajstić information content (AvgIpc) is 2.28. The van der Waals surface area contributed by atoms with Gasteiger partial charge < -0.3 is 20.3 Å². The summed E-state index contributed by atoms with van der Waals surface area (Å²) in [4.78, 5) is 16.0. The molecular weight excluding hydrogens is 242 g/mol. The van der Waals surface area contributed by atoms with E-state index in [0.717, 1.165) is 25.9 Å². The van der Waals surface area contributed by atoms with Gasteiger partial charge in [0.15, 0.2) is 0 Å². The van der Waals surface area contributed by atoms with Gasteiger partial charge in [-0.1, -0.05) is 0 Å². The van der Waals surface area contributed by atoms with Gasteiger partial charge in [0, 0.05) is 25.7 Å². The van der Waals surface area contributed by atoms with Gasteiger partial charge in [-0.25, -0.2) is 4.79 Å². The molecule has 1 fully saturated rings. The van der Waals surface area contributed by atoms with Crippen LogP contribution in [0.2, 0.25) is 0 Å². The SMILES string of the molecule is CN(C)C(CN)C1CCN(C(=O)OC(C)(C)C)CC1. The molecule has 0 radical (unpaired) electrons. The molecule has 5 heteroatoms. The molecule has 1 heterocycles. The minimum absolute atomic E-state index is 0.194. The second kappa shape index (κ2) is 6.57. The minimum Gasteiger partial charge on any atom is -0.444 e. The number of hydrogen-bond donors (Lipinski definition) is 1. The first-order valence-corrected chi connectivity index (χ1v) is 7.09. The van der Waals surface area contributed by atoms with Crippen molar-refractivity contribution in [3.63, 3.8) is 0 Å². The molecule has 1 saturated heterocycles. The van der Waals surface area contributed by atoms with Crippen LogP contribution < -0.4 is 5.73 Å². The van der Waals surface area contributed by atoms with Crippen LogP contribution in [-0.4, -0.2) is 61.3 Å². The maximum atomic E-state index is 12.0. The Labute approximate surface area is 117 Å². The molecular formula is C14H29N3O2. The van der Waals surface area contributed by atoms with E-state index < -0.39 is 5.60 Å². The van der Waals surface area contributed by atoms with E-state index in [2.05, 4.69) is 19.0 Å². The van der Waals surface area contributed by atoms with E-state index in [9.17, 15) is 4.79 Å². The number of carbonyl (C=O) groups excluding carboxylic acids is 1. The first-order valence-electron chi connectivity index (χ1n) is 7.09. The Morgan fingerprint density at radius 2 is 1.89 bits per heavy atom. The Bertz CT molecular complexity index is 292. The Morgan fingerprint density at radius 3 is 2.26 bits per heavy atom. The van der Waals surface area contributed by atoms with Crippen LogP contribution in [0.4, 0.5) is 4.79 Å². The van der Waals surface area contributed by atoms with Crippen LogP contribution in [0.5, 0.6) is 0 Å². The number of piperidine rings is 1. The van der Waals surface area contributed by atoms with Gasteiger partial charge in [0.05, 0.1) is 0 Å². The molecule has 0 bridgehead atoms. The fraction of sp³-hybridized carbons (Fsp3) is 0.929. The molecule has 2 N–H and O–H groups in total. The first kappa shape index (κ1) is 16.2. The van der Waals surface area contributed by atoms with Crippen LogP contribution in [0.1, 0.15) is 33.6 Å². The lowest BCUT2D eigenvalue weighted by Crippen LogP contribution is -2.48. The van der Waals surface area contributed by atoms with Crippen molar-refractivity contribution in [2.75, 3.05) is 33.7 Å². The summed E-state index contributed by atoms with van der Waals surface area (Å²) in [5, 5.41) is 0. The average molecular weight is 271 g/mol. The summed E-state index contributed by atoms with van der Waals surface area (Å²) >= 11 is 0. The van der Waals surface area contributed by atoms with E-state index in [1.807, 2.05) is 25.7 Å². The third kappa shape index (κ3) is 4.99. The fourth-order valence-corrected chi connectivity index (χ4v) is 2.62. The van der Waals surface area contributed by atoms with E-state index >= 15 is 0 Å². The van der Waals surface area contributed by atoms with Crippen LogP contribution in [0.3, 0.4) is 0 Å². The van der Waals surface area contributed by atoms with E-state index in [1.165, 1.54) is 0 Å². The summed E-state index contributed by atoms with van der Waals surface area (Å²) in [6.07, 6.45) is 1.80. The molecule has 5 nitrogen and oxygen atoms in total. The molecule has 0 aliphatic carbocycles. The molecule has 1 aliphatic heterocycles. The minimum atomic E-state index is -0.419. The van der Waals surface area contributed by atoms with E-state index in [-0.39, 0.29) is 6.09 Å². The molecule has 0 spiro atoms. The van der Waals surface area contributed by atoms with Crippen LogP contribution in [0.15, 0.2) is 0 Å². The van der Waals surface area contributed by atoms with Gasteiger partial charge in [-0.3, -0.25) is 0 Å². The Morgan fingerprint density at radius 1 is 1.37 bits per heavy atom. The monoisotopic (exact) mass is 271 g/mol. The highest BCUT2D eigenvalue weighted by molar-refractivity contribution is 5.68. The Hall–Kier alpha value is -0.810. The zero-order valence-corrected chi connectivity index (χ0v) is 13.0. The zero-order chi connectivity index (χ0) is 14.6. The molecule has 1 unspecified atom stereocenters. The topological polar surface area (TPSA) is 58.8 Å². The number of nitrogens with two attached hydrogens (primary N) is 1. The molecule has 19 heavy (non-hydrogen) atoms. The second-order valence-corrected chi connectivity index (χ2v) is 6.57. The third-order valence-electron chi connectivity index (χ3n) is 3.64. The standard InChI is InChI=1S/C14H29N3O2/c1-14(2,3)19-13(18)17-8-6-11(7-9-17)12(10-15)16(4)5/h11-12H,6-10,15H2,1-5H3. The zero-order valence-electron chi connectivity index (χ0n) is 13.0. The van der Waals surface area contributed by atoms with Gasteiger partial charge in [-0.05, 0) is 53.6 Å². The lowest BCUT2D eigenvalue weighted by molar-refractivity contribution is 0.0149. The number of amides is 1. The quantitative estimate of drug-likeness (QED) is 0.845. The van der Waals surface area contributed by atoms with Gasteiger partial charge in [-0.2, -0.15) is 0 Å². The molecule has 1 aliphatic rings. The van der Waals surface area contributed by atoms with Gasteiger partial charge in [-0.15, -0.1) is 0 Å². The van der Waals surface area contributed by atoms with Crippen molar-refractivity contribution >= 4 is 6.09 Å². The van der Waals surface area contributed by atoms with Crippen molar-refractivity contribution in [2.45, 2.75) is 45.3 Å². The van der Waals surface area contributed by atoms with Gasteiger partial charge in [0.1, 0.15) is 5.60 Å². The van der Waals surface area contributed by atoms with E-state index in [0.29, 0.717) is 18.5 Å². The number of rotatable bonds is 3. The summed E-state index contributed by atoms with van der Waals surface area (Å²) in [5.74, 6) is 0.568. The molecule has 0 aromatic carbocycles.